The van der Waals surface area contributed by atoms with Crippen LogP contribution in [-0.4, -0.2) is 29.0 Å². The molecule has 9 heteroatoms. The number of imide groups is 1. The number of anilines is 1. The Hall–Kier alpha value is -3.37. The highest BCUT2D eigenvalue weighted by Gasteiger charge is 2.65. The number of methoxy groups -OCH3 is 1. The van der Waals surface area contributed by atoms with Gasteiger partial charge in [-0.25, -0.2) is 4.39 Å². The van der Waals surface area contributed by atoms with E-state index in [9.17, 15) is 19.1 Å². The number of aromatic hydroxyl groups is 1. The zero-order chi connectivity index (χ0) is 27.2. The van der Waals surface area contributed by atoms with Crippen LogP contribution in [0.15, 0.2) is 85.0 Å². The normalized spacial score (nSPS) is 22.6. The number of rotatable bonds is 6. The molecule has 3 aromatic rings. The van der Waals surface area contributed by atoms with Crippen molar-refractivity contribution < 1.29 is 23.8 Å². The molecule has 0 aromatic heterocycles. The first-order valence-corrected chi connectivity index (χ1v) is 13.2. The number of nitrogens with one attached hydrogen (secondary N) is 1. The Morgan fingerprint density at radius 1 is 1.18 bits per heavy atom. The van der Waals surface area contributed by atoms with E-state index in [1.54, 1.807) is 42.5 Å². The number of phenols is 1. The average molecular weight is 645 g/mol. The summed E-state index contributed by atoms with van der Waals surface area (Å²) in [6.45, 7) is 4.00. The monoisotopic (exact) mass is 644 g/mol. The van der Waals surface area contributed by atoms with Crippen molar-refractivity contribution in [2.75, 3.05) is 12.5 Å². The molecule has 0 spiro atoms. The van der Waals surface area contributed by atoms with Crippen LogP contribution < -0.4 is 10.2 Å². The molecule has 0 radical (unpaired) electrons. The lowest BCUT2D eigenvalue weighted by molar-refractivity contribution is -0.138. The van der Waals surface area contributed by atoms with Crippen LogP contribution in [0.4, 0.5) is 10.1 Å². The van der Waals surface area contributed by atoms with Crippen molar-refractivity contribution in [2.24, 2.45) is 5.92 Å². The van der Waals surface area contributed by atoms with E-state index in [4.69, 9.17) is 16.3 Å². The van der Waals surface area contributed by atoms with Crippen LogP contribution in [0.5, 0.6) is 11.5 Å². The molecule has 5 rings (SSSR count). The molecule has 1 fully saturated rings. The number of amides is 2. The van der Waals surface area contributed by atoms with Crippen LogP contribution >= 0.6 is 34.2 Å². The molecule has 1 heterocycles. The molecule has 2 amide bonds. The Labute approximate surface area is 237 Å². The Kier molecular flexibility index (Phi) is 6.96. The Balaban J connectivity index is 1.76. The molecule has 1 saturated heterocycles. The third kappa shape index (κ3) is 4.06. The number of hydrazine groups is 1. The van der Waals surface area contributed by atoms with Gasteiger partial charge in [0.2, 0.25) is 0 Å². The number of fused-ring (bicyclic) bond motifs is 1. The van der Waals surface area contributed by atoms with Gasteiger partial charge < -0.3 is 9.84 Å². The number of carbonyl (C=O) groups is 2. The molecule has 194 valence electrons. The molecule has 3 atom stereocenters. The van der Waals surface area contributed by atoms with Gasteiger partial charge in [-0.3, -0.25) is 15.0 Å². The summed E-state index contributed by atoms with van der Waals surface area (Å²) in [5.41, 5.74) is 4.00. The van der Waals surface area contributed by atoms with Crippen LogP contribution in [0.2, 0.25) is 5.02 Å². The number of hydrogen-bond donors (Lipinski definition) is 2. The van der Waals surface area contributed by atoms with Gasteiger partial charge in [0.05, 0.1) is 27.7 Å². The van der Waals surface area contributed by atoms with Crippen LogP contribution in [0.1, 0.15) is 23.5 Å². The maximum Gasteiger partial charge on any atom is 0.260 e. The highest BCUT2D eigenvalue weighted by Crippen LogP contribution is 2.58. The van der Waals surface area contributed by atoms with Gasteiger partial charge in [-0.2, -0.15) is 5.01 Å². The second-order valence-electron chi connectivity index (χ2n) is 9.16. The number of benzene rings is 3. The molecule has 3 aromatic carbocycles. The summed E-state index contributed by atoms with van der Waals surface area (Å²) < 4.78 is 19.5. The third-order valence-electron chi connectivity index (χ3n) is 7.25. The lowest BCUT2D eigenvalue weighted by Crippen LogP contribution is -2.48. The van der Waals surface area contributed by atoms with Crippen molar-refractivity contribution in [1.29, 1.82) is 0 Å². The number of nitrogens with zero attached hydrogens (tertiary/aromatic N) is 1. The Morgan fingerprint density at radius 2 is 1.87 bits per heavy atom. The zero-order valence-corrected chi connectivity index (χ0v) is 23.2. The summed E-state index contributed by atoms with van der Waals surface area (Å²) in [4.78, 5) is 28.5. The maximum absolute atomic E-state index is 14.6. The van der Waals surface area contributed by atoms with Crippen molar-refractivity contribution in [3.05, 3.63) is 111 Å². The summed E-state index contributed by atoms with van der Waals surface area (Å²) in [5.74, 6) is -2.45. The standard InChI is InChI=1S/C29H23ClFIN2O4/c1-3-16-4-13-22-27(36)34(33-21-11-9-20(31)10-12-21)28(37)29(22,18-5-7-19(30)8-6-18)25(16)17-14-23(32)26(35)24(15-17)38-2/h3-12,14-15,22,25,33,35H,1,13H2,2H3. The van der Waals surface area contributed by atoms with E-state index in [0.717, 1.165) is 10.6 Å². The number of phenolic OH excluding ortho intramolecular Hbond substituents is 1. The van der Waals surface area contributed by atoms with E-state index in [1.807, 2.05) is 28.7 Å². The fraction of sp³-hybridized carbons (Fsp3) is 0.172. The molecule has 3 unspecified atom stereocenters. The highest BCUT2D eigenvalue weighted by atomic mass is 127. The second-order valence-corrected chi connectivity index (χ2v) is 10.8. The van der Waals surface area contributed by atoms with E-state index >= 15 is 0 Å². The number of hydrogen-bond acceptors (Lipinski definition) is 5. The van der Waals surface area contributed by atoms with E-state index in [0.29, 0.717) is 31.8 Å². The van der Waals surface area contributed by atoms with Crippen molar-refractivity contribution in [3.8, 4) is 11.5 Å². The number of halogens is 3. The largest absolute Gasteiger partial charge is 0.504 e. The molecule has 0 bridgehead atoms. The maximum atomic E-state index is 14.6. The molecule has 1 aliphatic heterocycles. The van der Waals surface area contributed by atoms with Gasteiger partial charge >= 0.3 is 0 Å². The lowest BCUT2D eigenvalue weighted by atomic mass is 9.56. The summed E-state index contributed by atoms with van der Waals surface area (Å²) in [6.07, 6.45) is 3.92. The summed E-state index contributed by atoms with van der Waals surface area (Å²) in [5, 5.41) is 12.0. The first kappa shape index (κ1) is 26.2. The predicted octanol–water partition coefficient (Wildman–Crippen LogP) is 6.35. The van der Waals surface area contributed by atoms with Crippen LogP contribution in [0, 0.1) is 15.3 Å². The van der Waals surface area contributed by atoms with E-state index < -0.39 is 34.9 Å². The van der Waals surface area contributed by atoms with E-state index in [1.165, 1.54) is 31.4 Å². The SMILES string of the molecule is C=CC1=CCC2C(=O)N(Nc3ccc(F)cc3)C(=O)C2(c2ccc(Cl)cc2)C1c1cc(I)c(O)c(OC)c1. The third-order valence-corrected chi connectivity index (χ3v) is 8.32. The van der Waals surface area contributed by atoms with Gasteiger partial charge in [0, 0.05) is 10.9 Å². The van der Waals surface area contributed by atoms with E-state index in [2.05, 4.69) is 12.0 Å². The van der Waals surface area contributed by atoms with Crippen molar-refractivity contribution in [2.45, 2.75) is 17.8 Å². The summed E-state index contributed by atoms with van der Waals surface area (Å²) in [6, 6.07) is 15.8. The minimum absolute atomic E-state index is 0.0117. The summed E-state index contributed by atoms with van der Waals surface area (Å²) >= 11 is 8.23. The Bertz CT molecular complexity index is 1480. The lowest BCUT2D eigenvalue weighted by Gasteiger charge is -2.43. The number of allylic oxidation sites excluding steroid dienone is 3. The average Bonchev–Trinajstić information content (AvgIpc) is 3.13. The molecular formula is C29H23ClFIN2O4. The molecule has 2 N–H and O–H groups in total. The quantitative estimate of drug-likeness (QED) is 0.242. The smallest absolute Gasteiger partial charge is 0.260 e. The van der Waals surface area contributed by atoms with Crippen LogP contribution in [0.3, 0.4) is 0 Å². The van der Waals surface area contributed by atoms with Crippen molar-refractivity contribution in [3.63, 3.8) is 0 Å². The van der Waals surface area contributed by atoms with Gasteiger partial charge in [0.1, 0.15) is 5.82 Å². The fourth-order valence-electron chi connectivity index (χ4n) is 5.58. The molecule has 1 aliphatic carbocycles. The minimum Gasteiger partial charge on any atom is -0.504 e. The first-order valence-electron chi connectivity index (χ1n) is 11.8. The van der Waals surface area contributed by atoms with Gasteiger partial charge in [-0.1, -0.05) is 42.5 Å². The van der Waals surface area contributed by atoms with Crippen LogP contribution in [0.25, 0.3) is 0 Å². The molecule has 6 nitrogen and oxygen atoms in total. The first-order chi connectivity index (χ1) is 18.2. The van der Waals surface area contributed by atoms with Gasteiger partial charge in [-0.15, -0.1) is 0 Å². The van der Waals surface area contributed by atoms with Gasteiger partial charge in [-0.05, 0) is 94.2 Å². The second kappa shape index (κ2) is 10.1. The predicted molar refractivity (Wildman–Crippen MR) is 152 cm³/mol. The molecule has 2 aliphatic rings. The minimum atomic E-state index is -1.36. The molecule has 0 saturated carbocycles. The molecule has 38 heavy (non-hydrogen) atoms. The van der Waals surface area contributed by atoms with E-state index in [-0.39, 0.29) is 11.5 Å². The fourth-order valence-corrected chi connectivity index (χ4v) is 6.33. The van der Waals surface area contributed by atoms with Crippen LogP contribution in [-0.2, 0) is 15.0 Å². The topological polar surface area (TPSA) is 78.9 Å². The summed E-state index contributed by atoms with van der Waals surface area (Å²) in [7, 11) is 1.45. The van der Waals surface area contributed by atoms with Gasteiger partial charge in [0.25, 0.3) is 11.8 Å². The van der Waals surface area contributed by atoms with Crippen molar-refractivity contribution in [1.82, 2.24) is 5.01 Å². The molecular weight excluding hydrogens is 622 g/mol. The number of ether oxygens (including phenoxy) is 1. The highest BCUT2D eigenvalue weighted by molar-refractivity contribution is 14.1. The Morgan fingerprint density at radius 3 is 2.50 bits per heavy atom. The number of carbonyl (C=O) groups excluding carboxylic acids is 2. The zero-order valence-electron chi connectivity index (χ0n) is 20.3. The van der Waals surface area contributed by atoms with Gasteiger partial charge in [0.15, 0.2) is 11.5 Å². The van der Waals surface area contributed by atoms with Crippen molar-refractivity contribution >= 4 is 51.7 Å².